The molecule has 0 saturated carbocycles. The summed E-state index contributed by atoms with van der Waals surface area (Å²) >= 11 is 0. The summed E-state index contributed by atoms with van der Waals surface area (Å²) < 4.78 is 28.8. The van der Waals surface area contributed by atoms with E-state index in [1.165, 1.54) is 0 Å². The van der Waals surface area contributed by atoms with Crippen molar-refractivity contribution in [2.24, 2.45) is 0 Å². The van der Waals surface area contributed by atoms with Crippen LogP contribution in [0, 0.1) is 6.92 Å². The van der Waals surface area contributed by atoms with Gasteiger partial charge in [-0.05, 0) is 82.7 Å². The fourth-order valence-electron chi connectivity index (χ4n) is 5.75. The Bertz CT molecular complexity index is 1310. The van der Waals surface area contributed by atoms with Crippen LogP contribution in [0.3, 0.4) is 0 Å². The summed E-state index contributed by atoms with van der Waals surface area (Å²) in [6.45, 7) is 8.52. The van der Waals surface area contributed by atoms with Crippen molar-refractivity contribution in [3.63, 3.8) is 0 Å². The van der Waals surface area contributed by atoms with Gasteiger partial charge in [0, 0.05) is 30.0 Å². The molecule has 1 aromatic heterocycles. The molecule has 39 heavy (non-hydrogen) atoms. The maximum atomic E-state index is 13.8. The quantitative estimate of drug-likeness (QED) is 0.445. The second-order valence-electron chi connectivity index (χ2n) is 10.8. The van der Waals surface area contributed by atoms with E-state index in [9.17, 15) is 9.59 Å². The molecule has 3 heterocycles. The van der Waals surface area contributed by atoms with Crippen LogP contribution in [0.1, 0.15) is 75.4 Å². The van der Waals surface area contributed by atoms with Crippen LogP contribution in [0.2, 0.25) is 0 Å². The van der Waals surface area contributed by atoms with E-state index in [-0.39, 0.29) is 30.5 Å². The van der Waals surface area contributed by atoms with Gasteiger partial charge in [-0.3, -0.25) is 4.79 Å². The fourth-order valence-corrected chi connectivity index (χ4v) is 5.75. The lowest BCUT2D eigenvalue weighted by atomic mass is 9.73. The van der Waals surface area contributed by atoms with E-state index in [1.807, 2.05) is 58.0 Å². The molecule has 1 aliphatic carbocycles. The molecule has 0 radical (unpaired) electrons. The summed E-state index contributed by atoms with van der Waals surface area (Å²) in [6.07, 6.45) is 2.68. The number of esters is 1. The molecule has 208 valence electrons. The van der Waals surface area contributed by atoms with E-state index in [0.717, 1.165) is 24.1 Å². The molecule has 0 bridgehead atoms. The standard InChI is InChI=1S/C31H37NO7/c1-17(2)38-25-11-9-20(15-27(25)35-5)21-13-23-29(24(33)14-21)30(26-10-8-18(3)39-26)28(19(4)32-23)31(34)37-16-22-7-6-12-36-22/h8-11,15,17,21-22,30,32H,6-7,12-14,16H2,1-5H3/t21-,22-,30+/m0/s1. The van der Waals surface area contributed by atoms with Gasteiger partial charge < -0.3 is 28.7 Å². The summed E-state index contributed by atoms with van der Waals surface area (Å²) in [4.78, 5) is 27.2. The number of hydrogen-bond donors (Lipinski definition) is 1. The third-order valence-electron chi connectivity index (χ3n) is 7.54. The monoisotopic (exact) mass is 535 g/mol. The molecule has 1 aromatic carbocycles. The number of allylic oxidation sites excluding steroid dienone is 3. The Balaban J connectivity index is 1.45. The normalized spacial score (nSPS) is 23.1. The molecule has 2 aliphatic heterocycles. The second kappa shape index (κ2) is 11.3. The van der Waals surface area contributed by atoms with Gasteiger partial charge in [-0.15, -0.1) is 0 Å². The number of Topliss-reactive ketones (excluding diaryl/α,β-unsaturated/α-hetero) is 1. The van der Waals surface area contributed by atoms with Gasteiger partial charge in [0.15, 0.2) is 17.3 Å². The number of methoxy groups -OCH3 is 1. The highest BCUT2D eigenvalue weighted by Gasteiger charge is 2.43. The molecule has 8 heteroatoms. The van der Waals surface area contributed by atoms with Gasteiger partial charge in [-0.2, -0.15) is 0 Å². The first-order chi connectivity index (χ1) is 18.7. The molecule has 1 fully saturated rings. The third kappa shape index (κ3) is 5.62. The number of aryl methyl sites for hydroxylation is 1. The predicted molar refractivity (Wildman–Crippen MR) is 145 cm³/mol. The smallest absolute Gasteiger partial charge is 0.336 e. The topological polar surface area (TPSA) is 96.2 Å². The van der Waals surface area contributed by atoms with Gasteiger partial charge >= 0.3 is 5.97 Å². The minimum Gasteiger partial charge on any atom is -0.493 e. The average Bonchev–Trinajstić information content (AvgIpc) is 3.58. The van der Waals surface area contributed by atoms with Crippen molar-refractivity contribution in [1.29, 1.82) is 0 Å². The fraction of sp³-hybridized carbons (Fsp3) is 0.484. The Morgan fingerprint density at radius 1 is 1.13 bits per heavy atom. The number of benzene rings is 1. The largest absolute Gasteiger partial charge is 0.493 e. The maximum absolute atomic E-state index is 13.8. The Morgan fingerprint density at radius 2 is 1.95 bits per heavy atom. The summed E-state index contributed by atoms with van der Waals surface area (Å²) in [5, 5.41) is 3.39. The molecule has 0 amide bonds. The number of nitrogens with one attached hydrogen (secondary N) is 1. The number of carbonyl (C=O) groups excluding carboxylic acids is 2. The third-order valence-corrected chi connectivity index (χ3v) is 7.54. The van der Waals surface area contributed by atoms with Crippen molar-refractivity contribution in [2.75, 3.05) is 20.3 Å². The first-order valence-electron chi connectivity index (χ1n) is 13.7. The molecule has 0 spiro atoms. The maximum Gasteiger partial charge on any atom is 0.336 e. The Morgan fingerprint density at radius 3 is 2.62 bits per heavy atom. The van der Waals surface area contributed by atoms with Gasteiger partial charge in [0.25, 0.3) is 0 Å². The van der Waals surface area contributed by atoms with E-state index < -0.39 is 11.9 Å². The molecule has 3 aliphatic rings. The Kier molecular flexibility index (Phi) is 7.84. The number of hydrogen-bond acceptors (Lipinski definition) is 8. The highest BCUT2D eigenvalue weighted by Crippen LogP contribution is 2.47. The Labute approximate surface area is 229 Å². The number of ether oxygens (including phenoxy) is 4. The summed E-state index contributed by atoms with van der Waals surface area (Å²) in [6, 6.07) is 9.54. The minimum atomic E-state index is -0.628. The van der Waals surface area contributed by atoms with Crippen molar-refractivity contribution < 1.29 is 33.0 Å². The van der Waals surface area contributed by atoms with Crippen molar-refractivity contribution in [3.05, 3.63) is 70.0 Å². The van der Waals surface area contributed by atoms with Gasteiger partial charge in [-0.25, -0.2) is 4.79 Å². The van der Waals surface area contributed by atoms with Crippen LogP contribution in [0.25, 0.3) is 0 Å². The molecule has 1 saturated heterocycles. The van der Waals surface area contributed by atoms with Crippen molar-refractivity contribution in [2.45, 2.75) is 77.4 Å². The first kappa shape index (κ1) is 27.1. The zero-order chi connectivity index (χ0) is 27.7. The SMILES string of the molecule is COc1cc([C@@H]2CC(=O)C3=C(C2)NC(C)=C(C(=O)OC[C@@H]2CCCO2)[C@H]3c2ccc(C)o2)ccc1OC(C)C. The Hall–Kier alpha value is -3.52. The second-order valence-corrected chi connectivity index (χ2v) is 10.8. The molecule has 0 unspecified atom stereocenters. The van der Waals surface area contributed by atoms with E-state index in [2.05, 4.69) is 5.32 Å². The predicted octanol–water partition coefficient (Wildman–Crippen LogP) is 5.47. The van der Waals surface area contributed by atoms with Crippen LogP contribution in [0.5, 0.6) is 11.5 Å². The first-order valence-corrected chi connectivity index (χ1v) is 13.7. The van der Waals surface area contributed by atoms with Crippen LogP contribution < -0.4 is 14.8 Å². The van der Waals surface area contributed by atoms with Gasteiger partial charge in [0.2, 0.25) is 0 Å². The van der Waals surface area contributed by atoms with E-state index in [1.54, 1.807) is 7.11 Å². The molecule has 1 N–H and O–H groups in total. The number of rotatable bonds is 8. The summed E-state index contributed by atoms with van der Waals surface area (Å²) in [5.41, 5.74) is 3.45. The van der Waals surface area contributed by atoms with Gasteiger partial charge in [0.05, 0.1) is 30.8 Å². The summed E-state index contributed by atoms with van der Waals surface area (Å²) in [5.74, 6) is 1.43. The number of dihydropyridines is 1. The highest BCUT2D eigenvalue weighted by molar-refractivity contribution is 6.04. The van der Waals surface area contributed by atoms with Crippen LogP contribution in [0.4, 0.5) is 0 Å². The number of ketones is 1. The van der Waals surface area contributed by atoms with Gasteiger partial charge in [-0.1, -0.05) is 6.07 Å². The molecular weight excluding hydrogens is 498 g/mol. The van der Waals surface area contributed by atoms with Crippen LogP contribution in [0.15, 0.2) is 57.3 Å². The highest BCUT2D eigenvalue weighted by atomic mass is 16.6. The van der Waals surface area contributed by atoms with Crippen LogP contribution >= 0.6 is 0 Å². The van der Waals surface area contributed by atoms with Gasteiger partial charge in [0.1, 0.15) is 18.1 Å². The lowest BCUT2D eigenvalue weighted by Gasteiger charge is -2.36. The van der Waals surface area contributed by atoms with Crippen molar-refractivity contribution >= 4 is 11.8 Å². The molecule has 5 rings (SSSR count). The van der Waals surface area contributed by atoms with E-state index in [0.29, 0.717) is 59.3 Å². The number of furan rings is 1. The summed E-state index contributed by atoms with van der Waals surface area (Å²) in [7, 11) is 1.62. The lowest BCUT2D eigenvalue weighted by molar-refractivity contribution is -0.142. The van der Waals surface area contributed by atoms with Crippen molar-refractivity contribution in [3.8, 4) is 11.5 Å². The van der Waals surface area contributed by atoms with E-state index >= 15 is 0 Å². The van der Waals surface area contributed by atoms with Crippen molar-refractivity contribution in [1.82, 2.24) is 5.32 Å². The lowest BCUT2D eigenvalue weighted by Crippen LogP contribution is -2.36. The van der Waals surface area contributed by atoms with Crippen LogP contribution in [-0.2, 0) is 19.1 Å². The zero-order valence-electron chi connectivity index (χ0n) is 23.3. The molecule has 2 aromatic rings. The van der Waals surface area contributed by atoms with Crippen LogP contribution in [-0.4, -0.2) is 44.3 Å². The zero-order valence-corrected chi connectivity index (χ0v) is 23.3. The molecule has 8 nitrogen and oxygen atoms in total. The van der Waals surface area contributed by atoms with E-state index in [4.69, 9.17) is 23.4 Å². The minimum absolute atomic E-state index is 0.0173. The number of carbonyl (C=O) groups is 2. The molecule has 3 atom stereocenters. The molecular formula is C31H37NO7. The average molecular weight is 536 g/mol.